The number of aromatic nitrogens is 3. The van der Waals surface area contributed by atoms with E-state index in [0.717, 1.165) is 31.4 Å². The zero-order valence-corrected chi connectivity index (χ0v) is 16.8. The molecule has 4 rings (SSSR count). The fourth-order valence-corrected chi connectivity index (χ4v) is 5.69. The summed E-state index contributed by atoms with van der Waals surface area (Å²) in [4.78, 5) is 14.8. The molecule has 1 unspecified atom stereocenters. The van der Waals surface area contributed by atoms with Gasteiger partial charge in [-0.05, 0) is 43.9 Å². The smallest absolute Gasteiger partial charge is 0.243 e. The molecule has 28 heavy (non-hydrogen) atoms. The Morgan fingerprint density at radius 2 is 2.00 bits per heavy atom. The fraction of sp³-hybridized carbons (Fsp3) is 0.611. The molecule has 0 N–H and O–H groups in total. The Morgan fingerprint density at radius 1 is 1.21 bits per heavy atom. The summed E-state index contributed by atoms with van der Waals surface area (Å²) in [5.41, 5.74) is 1.26. The number of sulfonamides is 1. The first kappa shape index (κ1) is 19.3. The summed E-state index contributed by atoms with van der Waals surface area (Å²) in [6, 6.07) is 4.22. The Hall–Kier alpha value is -2.04. The van der Waals surface area contributed by atoms with E-state index in [1.54, 1.807) is 28.8 Å². The van der Waals surface area contributed by atoms with Gasteiger partial charge in [0.25, 0.3) is 0 Å². The molecule has 2 aliphatic rings. The number of hydrogen-bond donors (Lipinski definition) is 0. The Bertz CT molecular complexity index is 968. The molecular weight excluding hydrogens is 382 g/mol. The Balaban J connectivity index is 1.60. The minimum absolute atomic E-state index is 0.0647. The number of benzene rings is 1. The Kier molecular flexibility index (Phi) is 5.35. The molecule has 1 aromatic heterocycles. The second-order valence-corrected chi connectivity index (χ2v) is 9.15. The highest BCUT2D eigenvalue weighted by atomic mass is 32.2. The van der Waals surface area contributed by atoms with Crippen LogP contribution in [-0.2, 0) is 26.1 Å². The van der Waals surface area contributed by atoms with Gasteiger partial charge in [-0.2, -0.15) is 4.31 Å². The summed E-state index contributed by atoms with van der Waals surface area (Å²) >= 11 is 0. The highest BCUT2D eigenvalue weighted by Crippen LogP contribution is 2.29. The van der Waals surface area contributed by atoms with Gasteiger partial charge in [0.1, 0.15) is 11.6 Å². The number of amides is 1. The predicted molar refractivity (Wildman–Crippen MR) is 102 cm³/mol. The average Bonchev–Trinajstić information content (AvgIpc) is 3.46. The standard InChI is InChI=1S/C18H25N5O4S/c1-27-12-11-22-16-7-6-14(13-15(16)19-20-22)28(25,26)23-10-4-5-17(23)18(24)21-8-2-3-9-21/h6-7,13,17H,2-5,8-12H2,1H3. The molecule has 1 amide bonds. The normalized spacial score (nSPS) is 21.0. The van der Waals surface area contributed by atoms with Crippen molar-refractivity contribution in [1.82, 2.24) is 24.2 Å². The first-order valence-corrected chi connectivity index (χ1v) is 11.1. The lowest BCUT2D eigenvalue weighted by atomic mass is 10.2. The third-order valence-corrected chi connectivity index (χ3v) is 7.41. The van der Waals surface area contributed by atoms with Gasteiger partial charge in [-0.3, -0.25) is 4.79 Å². The van der Waals surface area contributed by atoms with Gasteiger partial charge >= 0.3 is 0 Å². The van der Waals surface area contributed by atoms with Crippen LogP contribution in [0.5, 0.6) is 0 Å². The maximum absolute atomic E-state index is 13.3. The third kappa shape index (κ3) is 3.40. The van der Waals surface area contributed by atoms with Crippen molar-refractivity contribution < 1.29 is 17.9 Å². The second kappa shape index (κ2) is 7.76. The number of rotatable bonds is 6. The molecule has 0 bridgehead atoms. The molecule has 0 radical (unpaired) electrons. The van der Waals surface area contributed by atoms with Crippen molar-refractivity contribution in [2.45, 2.75) is 43.2 Å². The van der Waals surface area contributed by atoms with Crippen molar-refractivity contribution in [3.05, 3.63) is 18.2 Å². The molecule has 0 spiro atoms. The number of methoxy groups -OCH3 is 1. The number of carbonyl (C=O) groups excluding carboxylic acids is 1. The second-order valence-electron chi connectivity index (χ2n) is 7.26. The van der Waals surface area contributed by atoms with Crippen molar-refractivity contribution in [3.8, 4) is 0 Å². The highest BCUT2D eigenvalue weighted by Gasteiger charge is 2.41. The van der Waals surface area contributed by atoms with Crippen LogP contribution in [0, 0.1) is 0 Å². The Morgan fingerprint density at radius 3 is 2.75 bits per heavy atom. The molecule has 2 fully saturated rings. The summed E-state index contributed by atoms with van der Waals surface area (Å²) in [6.07, 6.45) is 3.24. The van der Waals surface area contributed by atoms with E-state index in [1.807, 2.05) is 0 Å². The van der Waals surface area contributed by atoms with Crippen molar-refractivity contribution >= 4 is 27.0 Å². The van der Waals surface area contributed by atoms with Gasteiger partial charge in [0.05, 0.1) is 23.6 Å². The molecule has 0 saturated carbocycles. The third-order valence-electron chi connectivity index (χ3n) is 5.51. The van der Waals surface area contributed by atoms with Crippen LogP contribution < -0.4 is 0 Å². The molecule has 0 aliphatic carbocycles. The summed E-state index contributed by atoms with van der Waals surface area (Å²) in [5, 5.41) is 8.16. The summed E-state index contributed by atoms with van der Waals surface area (Å²) < 4.78 is 34.6. The molecule has 2 saturated heterocycles. The topological polar surface area (TPSA) is 97.6 Å². The number of nitrogens with zero attached hydrogens (tertiary/aromatic N) is 5. The van der Waals surface area contributed by atoms with Gasteiger partial charge in [0, 0.05) is 26.7 Å². The molecule has 2 aromatic rings. The van der Waals surface area contributed by atoms with Gasteiger partial charge in [0.15, 0.2) is 0 Å². The van der Waals surface area contributed by atoms with Crippen molar-refractivity contribution in [3.63, 3.8) is 0 Å². The van der Waals surface area contributed by atoms with Crippen LogP contribution in [0.15, 0.2) is 23.1 Å². The van der Waals surface area contributed by atoms with E-state index in [-0.39, 0.29) is 10.8 Å². The van der Waals surface area contributed by atoms with Crippen molar-refractivity contribution in [1.29, 1.82) is 0 Å². The van der Waals surface area contributed by atoms with Crippen LogP contribution in [0.4, 0.5) is 0 Å². The molecular formula is C18H25N5O4S. The first-order chi connectivity index (χ1) is 13.5. The number of hydrogen-bond acceptors (Lipinski definition) is 6. The van der Waals surface area contributed by atoms with Crippen molar-refractivity contribution in [2.75, 3.05) is 33.4 Å². The zero-order chi connectivity index (χ0) is 19.7. The van der Waals surface area contributed by atoms with Crippen molar-refractivity contribution in [2.24, 2.45) is 0 Å². The van der Waals surface area contributed by atoms with Crippen LogP contribution in [-0.4, -0.2) is 77.9 Å². The molecule has 10 heteroatoms. The largest absolute Gasteiger partial charge is 0.383 e. The number of carbonyl (C=O) groups is 1. The maximum Gasteiger partial charge on any atom is 0.243 e. The van der Waals surface area contributed by atoms with Gasteiger partial charge in [-0.25, -0.2) is 13.1 Å². The van der Waals surface area contributed by atoms with Gasteiger partial charge in [-0.1, -0.05) is 5.21 Å². The molecule has 152 valence electrons. The van der Waals surface area contributed by atoms with Gasteiger partial charge in [-0.15, -0.1) is 5.10 Å². The fourth-order valence-electron chi connectivity index (χ4n) is 4.01. The first-order valence-electron chi connectivity index (χ1n) is 9.65. The molecule has 1 aromatic carbocycles. The lowest BCUT2D eigenvalue weighted by molar-refractivity contribution is -0.133. The summed E-state index contributed by atoms with van der Waals surface area (Å²) in [5.74, 6) is -0.0647. The number of fused-ring (bicyclic) bond motifs is 1. The van der Waals surface area contributed by atoms with E-state index in [2.05, 4.69) is 10.3 Å². The lowest BCUT2D eigenvalue weighted by Gasteiger charge is -2.27. The molecule has 2 aliphatic heterocycles. The summed E-state index contributed by atoms with van der Waals surface area (Å²) in [7, 11) is -2.17. The van der Waals surface area contributed by atoms with E-state index in [1.165, 1.54) is 10.4 Å². The van der Waals surface area contributed by atoms with Crippen LogP contribution in [0.25, 0.3) is 11.0 Å². The Labute approximate surface area is 164 Å². The van der Waals surface area contributed by atoms with Crippen LogP contribution in [0.1, 0.15) is 25.7 Å². The van der Waals surface area contributed by atoms with E-state index in [0.29, 0.717) is 38.1 Å². The van der Waals surface area contributed by atoms with E-state index >= 15 is 0 Å². The van der Waals surface area contributed by atoms with Crippen LogP contribution >= 0.6 is 0 Å². The van der Waals surface area contributed by atoms with E-state index in [4.69, 9.17) is 4.74 Å². The molecule has 9 nitrogen and oxygen atoms in total. The zero-order valence-electron chi connectivity index (χ0n) is 16.0. The number of ether oxygens (including phenoxy) is 1. The highest BCUT2D eigenvalue weighted by molar-refractivity contribution is 7.89. The van der Waals surface area contributed by atoms with Crippen LogP contribution in [0.3, 0.4) is 0 Å². The molecule has 3 heterocycles. The van der Waals surface area contributed by atoms with E-state index < -0.39 is 16.1 Å². The molecule has 1 atom stereocenters. The quantitative estimate of drug-likeness (QED) is 0.704. The maximum atomic E-state index is 13.3. The predicted octanol–water partition coefficient (Wildman–Crippen LogP) is 0.853. The summed E-state index contributed by atoms with van der Waals surface area (Å²) in [6.45, 7) is 2.84. The van der Waals surface area contributed by atoms with E-state index in [9.17, 15) is 13.2 Å². The van der Waals surface area contributed by atoms with Crippen LogP contribution in [0.2, 0.25) is 0 Å². The minimum Gasteiger partial charge on any atom is -0.383 e. The minimum atomic E-state index is -3.78. The monoisotopic (exact) mass is 407 g/mol. The lowest BCUT2D eigenvalue weighted by Crippen LogP contribution is -2.46. The average molecular weight is 407 g/mol. The van der Waals surface area contributed by atoms with Gasteiger partial charge < -0.3 is 9.64 Å². The van der Waals surface area contributed by atoms with Gasteiger partial charge in [0.2, 0.25) is 15.9 Å². The SMILES string of the molecule is COCCn1nnc2cc(S(=O)(=O)N3CCCC3C(=O)N3CCCC3)ccc21. The number of likely N-dealkylation sites (tertiary alicyclic amines) is 1.